The quantitative estimate of drug-likeness (QED) is 0.594. The predicted molar refractivity (Wildman–Crippen MR) is 80.0 cm³/mol. The molecule has 108 valence electrons. The summed E-state index contributed by atoms with van der Waals surface area (Å²) in [7, 11) is 1.81. The van der Waals surface area contributed by atoms with Crippen LogP contribution in [0.5, 0.6) is 0 Å². The van der Waals surface area contributed by atoms with Crippen molar-refractivity contribution in [2.24, 2.45) is 11.8 Å². The lowest BCUT2D eigenvalue weighted by Crippen LogP contribution is -2.43. The maximum atomic E-state index is 5.87. The van der Waals surface area contributed by atoms with Crippen LogP contribution in [0.4, 0.5) is 0 Å². The van der Waals surface area contributed by atoms with Gasteiger partial charge in [-0.15, -0.1) is 0 Å². The molecule has 1 aliphatic carbocycles. The van der Waals surface area contributed by atoms with Crippen molar-refractivity contribution in [3.63, 3.8) is 0 Å². The van der Waals surface area contributed by atoms with Crippen LogP contribution in [0, 0.1) is 11.8 Å². The highest BCUT2D eigenvalue weighted by molar-refractivity contribution is 6.67. The Morgan fingerprint density at radius 2 is 1.67 bits per heavy atom. The number of hydrogen-bond acceptors (Lipinski definition) is 2. The zero-order chi connectivity index (χ0) is 13.4. The Bertz CT molecular complexity index is 211. The van der Waals surface area contributed by atoms with Crippen LogP contribution in [0.25, 0.3) is 0 Å². The van der Waals surface area contributed by atoms with Crippen LogP contribution in [-0.4, -0.2) is 22.8 Å². The van der Waals surface area contributed by atoms with E-state index < -0.39 is 8.56 Å². The van der Waals surface area contributed by atoms with E-state index >= 15 is 0 Å². The molecular formula is C15H32O2Si. The Morgan fingerprint density at radius 3 is 2.11 bits per heavy atom. The van der Waals surface area contributed by atoms with E-state index in [1.807, 2.05) is 14.2 Å². The molecule has 0 aromatic carbocycles. The van der Waals surface area contributed by atoms with Crippen LogP contribution in [0.15, 0.2) is 0 Å². The first kappa shape index (κ1) is 16.2. The molecule has 0 aromatic rings. The highest BCUT2D eigenvalue weighted by Gasteiger charge is 2.39. The first-order valence-corrected chi connectivity index (χ1v) is 10.0. The molecule has 0 saturated heterocycles. The molecule has 0 bridgehead atoms. The molecule has 1 rings (SSSR count). The van der Waals surface area contributed by atoms with Gasteiger partial charge in [-0.05, 0) is 23.9 Å². The summed E-state index contributed by atoms with van der Waals surface area (Å²) in [5, 5.41) is 0. The Kier molecular flexibility index (Phi) is 7.50. The van der Waals surface area contributed by atoms with Crippen LogP contribution in [0.3, 0.4) is 0 Å². The molecule has 1 saturated carbocycles. The van der Waals surface area contributed by atoms with Gasteiger partial charge in [-0.25, -0.2) is 0 Å². The van der Waals surface area contributed by atoms with E-state index in [1.54, 1.807) is 0 Å². The zero-order valence-corrected chi connectivity index (χ0v) is 13.8. The molecule has 1 unspecified atom stereocenters. The summed E-state index contributed by atoms with van der Waals surface area (Å²) in [6.45, 7) is 4.58. The van der Waals surface area contributed by atoms with Crippen molar-refractivity contribution in [2.45, 2.75) is 70.9 Å². The maximum Gasteiger partial charge on any atom is 0.337 e. The third-order valence-corrected chi connectivity index (χ3v) is 8.69. The van der Waals surface area contributed by atoms with Gasteiger partial charge in [0.1, 0.15) is 0 Å². The van der Waals surface area contributed by atoms with E-state index in [2.05, 4.69) is 13.8 Å². The standard InChI is InChI=1S/C15H32O2Si/c1-5-12-18(16-3,17-4)13-14(6-2)15-10-8-7-9-11-15/h14-15H,5-13H2,1-4H3. The highest BCUT2D eigenvalue weighted by Crippen LogP contribution is 2.37. The minimum atomic E-state index is -1.91. The lowest BCUT2D eigenvalue weighted by Gasteiger charge is -2.36. The minimum absolute atomic E-state index is 0.823. The zero-order valence-electron chi connectivity index (χ0n) is 12.8. The molecule has 0 aliphatic heterocycles. The molecule has 2 nitrogen and oxygen atoms in total. The molecule has 1 atom stereocenters. The molecule has 1 fully saturated rings. The van der Waals surface area contributed by atoms with Crippen molar-refractivity contribution in [2.75, 3.05) is 14.2 Å². The van der Waals surface area contributed by atoms with E-state index in [0.29, 0.717) is 0 Å². The van der Waals surface area contributed by atoms with Crippen molar-refractivity contribution in [3.05, 3.63) is 0 Å². The Labute approximate surface area is 115 Å². The Morgan fingerprint density at radius 1 is 1.06 bits per heavy atom. The second-order valence-electron chi connectivity index (χ2n) is 5.84. The first-order chi connectivity index (χ1) is 8.71. The lowest BCUT2D eigenvalue weighted by atomic mass is 9.80. The monoisotopic (exact) mass is 272 g/mol. The van der Waals surface area contributed by atoms with Crippen LogP contribution in [-0.2, 0) is 8.85 Å². The van der Waals surface area contributed by atoms with Crippen molar-refractivity contribution in [1.29, 1.82) is 0 Å². The molecule has 0 aromatic heterocycles. The average Bonchev–Trinajstić information content (AvgIpc) is 2.44. The third-order valence-electron chi connectivity index (χ3n) is 4.79. The van der Waals surface area contributed by atoms with Gasteiger partial charge in [0.05, 0.1) is 0 Å². The maximum absolute atomic E-state index is 5.87. The number of rotatable bonds is 8. The van der Waals surface area contributed by atoms with E-state index in [4.69, 9.17) is 8.85 Å². The topological polar surface area (TPSA) is 18.5 Å². The summed E-state index contributed by atoms with van der Waals surface area (Å²) in [5.41, 5.74) is 0. The molecule has 0 amide bonds. The smallest absolute Gasteiger partial charge is 0.337 e. The van der Waals surface area contributed by atoms with Crippen LogP contribution in [0.2, 0.25) is 12.1 Å². The summed E-state index contributed by atoms with van der Waals surface area (Å²) >= 11 is 0. The van der Waals surface area contributed by atoms with E-state index in [1.165, 1.54) is 51.0 Å². The second kappa shape index (κ2) is 8.34. The molecule has 18 heavy (non-hydrogen) atoms. The van der Waals surface area contributed by atoms with E-state index in [0.717, 1.165) is 17.9 Å². The van der Waals surface area contributed by atoms with Crippen LogP contribution < -0.4 is 0 Å². The van der Waals surface area contributed by atoms with Gasteiger partial charge in [0, 0.05) is 14.2 Å². The van der Waals surface area contributed by atoms with Gasteiger partial charge in [0.15, 0.2) is 0 Å². The van der Waals surface area contributed by atoms with Crippen molar-refractivity contribution < 1.29 is 8.85 Å². The largest absolute Gasteiger partial charge is 0.398 e. The van der Waals surface area contributed by atoms with Gasteiger partial charge >= 0.3 is 8.56 Å². The molecule has 1 aliphatic rings. The SMILES string of the molecule is CCC[Si](CC(CC)C1CCCCC1)(OC)OC. The second-order valence-corrected chi connectivity index (χ2v) is 9.39. The normalized spacial score (nSPS) is 20.0. The fraction of sp³-hybridized carbons (Fsp3) is 1.00. The summed E-state index contributed by atoms with van der Waals surface area (Å²) in [5.74, 6) is 1.75. The van der Waals surface area contributed by atoms with Crippen molar-refractivity contribution in [3.8, 4) is 0 Å². The molecule has 0 heterocycles. The lowest BCUT2D eigenvalue weighted by molar-refractivity contribution is 0.202. The van der Waals surface area contributed by atoms with E-state index in [-0.39, 0.29) is 0 Å². The fourth-order valence-corrected chi connectivity index (χ4v) is 6.88. The summed E-state index contributed by atoms with van der Waals surface area (Å²) in [6.07, 6.45) is 9.64. The summed E-state index contributed by atoms with van der Waals surface area (Å²) < 4.78 is 11.7. The fourth-order valence-electron chi connectivity index (χ4n) is 3.59. The van der Waals surface area contributed by atoms with Gasteiger partial charge in [-0.1, -0.05) is 58.8 Å². The van der Waals surface area contributed by atoms with E-state index in [9.17, 15) is 0 Å². The van der Waals surface area contributed by atoms with Crippen LogP contribution >= 0.6 is 0 Å². The van der Waals surface area contributed by atoms with Gasteiger partial charge in [0.2, 0.25) is 0 Å². The van der Waals surface area contributed by atoms with Gasteiger partial charge in [-0.3, -0.25) is 0 Å². The average molecular weight is 273 g/mol. The summed E-state index contributed by atoms with van der Waals surface area (Å²) in [4.78, 5) is 0. The molecule has 0 radical (unpaired) electrons. The summed E-state index contributed by atoms with van der Waals surface area (Å²) in [6, 6.07) is 2.35. The predicted octanol–water partition coefficient (Wildman–Crippen LogP) is 4.74. The molecular weight excluding hydrogens is 240 g/mol. The first-order valence-electron chi connectivity index (χ1n) is 7.81. The number of hydrogen-bond donors (Lipinski definition) is 0. The van der Waals surface area contributed by atoms with Crippen LogP contribution in [0.1, 0.15) is 58.8 Å². The Hall–Kier alpha value is 0.137. The van der Waals surface area contributed by atoms with Gasteiger partial charge in [0.25, 0.3) is 0 Å². The molecule has 0 N–H and O–H groups in total. The van der Waals surface area contributed by atoms with Crippen molar-refractivity contribution >= 4 is 8.56 Å². The molecule has 3 heteroatoms. The minimum Gasteiger partial charge on any atom is -0.398 e. The van der Waals surface area contributed by atoms with Gasteiger partial charge < -0.3 is 8.85 Å². The molecule has 0 spiro atoms. The highest BCUT2D eigenvalue weighted by atomic mass is 28.4. The Balaban J connectivity index is 2.62. The third kappa shape index (κ3) is 4.36. The van der Waals surface area contributed by atoms with Gasteiger partial charge in [-0.2, -0.15) is 0 Å². The van der Waals surface area contributed by atoms with Crippen molar-refractivity contribution in [1.82, 2.24) is 0 Å².